The molecule has 0 aliphatic heterocycles. The van der Waals surface area contributed by atoms with Gasteiger partial charge in [0.1, 0.15) is 11.8 Å². The van der Waals surface area contributed by atoms with Gasteiger partial charge in [0.2, 0.25) is 0 Å². The molecule has 0 aliphatic rings. The molecule has 1 heterocycles. The summed E-state index contributed by atoms with van der Waals surface area (Å²) < 4.78 is 0. The van der Waals surface area contributed by atoms with Gasteiger partial charge in [-0.1, -0.05) is 18.2 Å². The average Bonchev–Trinajstić information content (AvgIpc) is 2.68. The Hall–Kier alpha value is -3.85. The molecule has 1 aromatic heterocycles. The number of hydrogen-bond donors (Lipinski definition) is 1. The van der Waals surface area contributed by atoms with Gasteiger partial charge in [0.05, 0.1) is 22.6 Å². The van der Waals surface area contributed by atoms with Gasteiger partial charge in [-0.2, -0.15) is 15.5 Å². The predicted molar refractivity (Wildman–Crippen MR) is 98.7 cm³/mol. The highest BCUT2D eigenvalue weighted by Gasteiger charge is 2.09. The summed E-state index contributed by atoms with van der Waals surface area (Å²) in [7, 11) is 0. The molecule has 0 spiro atoms. The molecule has 0 saturated carbocycles. The Balaban J connectivity index is 1.67. The Morgan fingerprint density at radius 2 is 1.62 bits per heavy atom. The largest absolute Gasteiger partial charge is 0.321 e. The lowest BCUT2D eigenvalue weighted by molar-refractivity contribution is 0.102. The van der Waals surface area contributed by atoms with Crippen molar-refractivity contribution in [2.45, 2.75) is 6.92 Å². The molecular weight excluding hydrogens is 326 g/mol. The minimum atomic E-state index is -0.337. The molecule has 6 nitrogen and oxygen atoms in total. The molecule has 126 valence electrons. The zero-order valence-electron chi connectivity index (χ0n) is 14.0. The number of amides is 1. The van der Waals surface area contributed by atoms with E-state index in [0.717, 1.165) is 5.69 Å². The molecule has 0 atom stereocenters. The number of carbonyl (C=O) groups is 1. The number of nitrogens with zero attached hydrogens (tertiary/aromatic N) is 4. The zero-order chi connectivity index (χ0) is 18.4. The van der Waals surface area contributed by atoms with Crippen LogP contribution in [0.15, 0.2) is 77.0 Å². The van der Waals surface area contributed by atoms with Crippen molar-refractivity contribution < 1.29 is 4.79 Å². The van der Waals surface area contributed by atoms with Crippen LogP contribution < -0.4 is 5.32 Å². The maximum absolute atomic E-state index is 12.3. The third kappa shape index (κ3) is 4.16. The van der Waals surface area contributed by atoms with E-state index in [1.807, 2.05) is 36.4 Å². The summed E-state index contributed by atoms with van der Waals surface area (Å²) in [6.45, 7) is 1.70. The Kier molecular flexibility index (Phi) is 5.11. The summed E-state index contributed by atoms with van der Waals surface area (Å²) in [5, 5.41) is 20.0. The highest BCUT2D eigenvalue weighted by atomic mass is 16.1. The van der Waals surface area contributed by atoms with Gasteiger partial charge in [-0.15, -0.1) is 0 Å². The number of carbonyl (C=O) groups excluding carboxylic acids is 1. The molecule has 0 unspecified atom stereocenters. The van der Waals surface area contributed by atoms with Gasteiger partial charge in [-0.3, -0.25) is 4.79 Å². The summed E-state index contributed by atoms with van der Waals surface area (Å²) in [5.41, 5.74) is 3.31. The molecule has 1 N–H and O–H groups in total. The van der Waals surface area contributed by atoms with Crippen molar-refractivity contribution in [3.05, 3.63) is 83.7 Å². The number of aromatic nitrogens is 1. The fourth-order valence-electron chi connectivity index (χ4n) is 2.22. The smallest absolute Gasteiger partial charge is 0.274 e. The van der Waals surface area contributed by atoms with Crippen molar-refractivity contribution >= 4 is 23.0 Å². The van der Waals surface area contributed by atoms with E-state index in [9.17, 15) is 4.79 Å². The minimum absolute atomic E-state index is 0.259. The molecule has 0 radical (unpaired) electrons. The highest BCUT2D eigenvalue weighted by Crippen LogP contribution is 2.20. The summed E-state index contributed by atoms with van der Waals surface area (Å²) in [5.74, 6) is -0.337. The highest BCUT2D eigenvalue weighted by molar-refractivity contribution is 6.03. The number of rotatable bonds is 4. The number of aryl methyl sites for hydroxylation is 1. The van der Waals surface area contributed by atoms with Crippen LogP contribution in [0.3, 0.4) is 0 Å². The lowest BCUT2D eigenvalue weighted by Gasteiger charge is -2.06. The maximum Gasteiger partial charge on any atom is 0.274 e. The molecule has 3 aromatic rings. The van der Waals surface area contributed by atoms with E-state index >= 15 is 0 Å². The van der Waals surface area contributed by atoms with E-state index in [2.05, 4.69) is 20.5 Å². The summed E-state index contributed by atoms with van der Waals surface area (Å²) in [6.07, 6.45) is 0. The fourth-order valence-corrected chi connectivity index (χ4v) is 2.22. The van der Waals surface area contributed by atoms with Crippen molar-refractivity contribution in [3.63, 3.8) is 0 Å². The lowest BCUT2D eigenvalue weighted by atomic mass is 10.2. The van der Waals surface area contributed by atoms with Crippen LogP contribution in [0, 0.1) is 18.3 Å². The second kappa shape index (κ2) is 7.81. The second-order valence-corrected chi connectivity index (χ2v) is 5.48. The lowest BCUT2D eigenvalue weighted by Crippen LogP contribution is -2.14. The molecule has 2 aromatic carbocycles. The van der Waals surface area contributed by atoms with Gasteiger partial charge in [0.15, 0.2) is 0 Å². The van der Waals surface area contributed by atoms with E-state index in [1.54, 1.807) is 37.3 Å². The third-order valence-electron chi connectivity index (χ3n) is 3.60. The topological polar surface area (TPSA) is 90.5 Å². The van der Waals surface area contributed by atoms with Crippen LogP contribution in [-0.4, -0.2) is 10.9 Å². The van der Waals surface area contributed by atoms with Crippen LogP contribution in [0.4, 0.5) is 17.1 Å². The average molecular weight is 341 g/mol. The van der Waals surface area contributed by atoms with Gasteiger partial charge in [0.25, 0.3) is 5.91 Å². The molecule has 0 aliphatic carbocycles. The molecule has 3 rings (SSSR count). The molecule has 6 heteroatoms. The standard InChI is InChI=1S/C20H15N5O/c1-14-15(13-21)7-12-19(22-14)20(26)23-16-8-10-18(11-9-16)25-24-17-5-3-2-4-6-17/h2-12H,1H3,(H,23,26). The Bertz CT molecular complexity index is 989. The summed E-state index contributed by atoms with van der Waals surface area (Å²) in [4.78, 5) is 16.4. The van der Waals surface area contributed by atoms with E-state index in [4.69, 9.17) is 5.26 Å². The predicted octanol–water partition coefficient (Wildman–Crippen LogP) is 4.93. The van der Waals surface area contributed by atoms with Crippen LogP contribution in [0.25, 0.3) is 0 Å². The second-order valence-electron chi connectivity index (χ2n) is 5.48. The minimum Gasteiger partial charge on any atom is -0.321 e. The van der Waals surface area contributed by atoms with Crippen molar-refractivity contribution in [2.24, 2.45) is 10.2 Å². The number of hydrogen-bond acceptors (Lipinski definition) is 5. The first-order valence-electron chi connectivity index (χ1n) is 7.91. The van der Waals surface area contributed by atoms with Crippen molar-refractivity contribution in [1.82, 2.24) is 4.98 Å². The van der Waals surface area contributed by atoms with Crippen LogP contribution in [0.1, 0.15) is 21.7 Å². The van der Waals surface area contributed by atoms with Crippen LogP contribution in [0.5, 0.6) is 0 Å². The van der Waals surface area contributed by atoms with E-state index < -0.39 is 0 Å². The quantitative estimate of drug-likeness (QED) is 0.682. The normalized spacial score (nSPS) is 10.5. The molecule has 0 bridgehead atoms. The van der Waals surface area contributed by atoms with Crippen LogP contribution in [0.2, 0.25) is 0 Å². The monoisotopic (exact) mass is 341 g/mol. The van der Waals surface area contributed by atoms with Gasteiger partial charge < -0.3 is 5.32 Å². The molecule has 0 fully saturated rings. The first-order valence-corrected chi connectivity index (χ1v) is 7.91. The Morgan fingerprint density at radius 3 is 2.23 bits per heavy atom. The van der Waals surface area contributed by atoms with Gasteiger partial charge in [0, 0.05) is 5.69 Å². The van der Waals surface area contributed by atoms with Gasteiger partial charge in [-0.25, -0.2) is 4.98 Å². The fraction of sp³-hybridized carbons (Fsp3) is 0.0500. The first kappa shape index (κ1) is 17.0. The Morgan fingerprint density at radius 1 is 0.962 bits per heavy atom. The number of benzene rings is 2. The van der Waals surface area contributed by atoms with Crippen molar-refractivity contribution in [3.8, 4) is 6.07 Å². The maximum atomic E-state index is 12.3. The molecule has 0 saturated heterocycles. The number of nitrogens with one attached hydrogen (secondary N) is 1. The number of anilines is 1. The molecular formula is C20H15N5O. The number of pyridine rings is 1. The van der Waals surface area contributed by atoms with Crippen LogP contribution in [-0.2, 0) is 0 Å². The van der Waals surface area contributed by atoms with E-state index in [0.29, 0.717) is 22.6 Å². The molecule has 1 amide bonds. The number of nitriles is 1. The molecule has 26 heavy (non-hydrogen) atoms. The summed E-state index contributed by atoms with van der Waals surface area (Å²) in [6, 6.07) is 21.6. The third-order valence-corrected chi connectivity index (χ3v) is 3.60. The van der Waals surface area contributed by atoms with Gasteiger partial charge in [-0.05, 0) is 55.5 Å². The van der Waals surface area contributed by atoms with E-state index in [-0.39, 0.29) is 11.6 Å². The van der Waals surface area contributed by atoms with E-state index in [1.165, 1.54) is 6.07 Å². The summed E-state index contributed by atoms with van der Waals surface area (Å²) >= 11 is 0. The SMILES string of the molecule is Cc1nc(C(=O)Nc2ccc(N=Nc3ccccc3)cc2)ccc1C#N. The Labute approximate surface area is 150 Å². The van der Waals surface area contributed by atoms with Crippen LogP contribution >= 0.6 is 0 Å². The zero-order valence-corrected chi connectivity index (χ0v) is 14.0. The van der Waals surface area contributed by atoms with Crippen molar-refractivity contribution in [1.29, 1.82) is 5.26 Å². The van der Waals surface area contributed by atoms with Crippen molar-refractivity contribution in [2.75, 3.05) is 5.32 Å². The van der Waals surface area contributed by atoms with Gasteiger partial charge >= 0.3 is 0 Å². The first-order chi connectivity index (χ1) is 12.7. The number of azo groups is 1.